The first kappa shape index (κ1) is 21.0. The van der Waals surface area contributed by atoms with Crippen molar-refractivity contribution in [3.63, 3.8) is 0 Å². The van der Waals surface area contributed by atoms with Crippen LogP contribution in [0.15, 0.2) is 23.3 Å². The standard InChI is InChI=1S/C20H26N4O4S/c1-13-6-5-7-14(2)20(13)28-11-19(25)22-21-10-18-15(3)23-24(16(18)4)17-8-9-29(26,27)12-17/h5-7,10,17H,8-9,11-12H2,1-4H3,(H,22,25)/b21-10-/t17-/m0/s1. The molecule has 0 bridgehead atoms. The summed E-state index contributed by atoms with van der Waals surface area (Å²) in [5.41, 5.74) is 6.72. The lowest BCUT2D eigenvalue weighted by atomic mass is 10.1. The summed E-state index contributed by atoms with van der Waals surface area (Å²) in [4.78, 5) is 12.0. The number of hydrogen-bond acceptors (Lipinski definition) is 6. The van der Waals surface area contributed by atoms with E-state index in [9.17, 15) is 13.2 Å². The predicted molar refractivity (Wildman–Crippen MR) is 111 cm³/mol. The number of hydrogen-bond donors (Lipinski definition) is 1. The van der Waals surface area contributed by atoms with Crippen LogP contribution < -0.4 is 10.2 Å². The van der Waals surface area contributed by atoms with Crippen molar-refractivity contribution in [1.82, 2.24) is 15.2 Å². The molecule has 1 amide bonds. The maximum atomic E-state index is 12.0. The number of aryl methyl sites for hydroxylation is 3. The molecule has 9 heteroatoms. The van der Waals surface area contributed by atoms with Crippen molar-refractivity contribution < 1.29 is 17.9 Å². The van der Waals surface area contributed by atoms with Gasteiger partial charge in [0.25, 0.3) is 5.91 Å². The Morgan fingerprint density at radius 2 is 2.00 bits per heavy atom. The second kappa shape index (κ2) is 8.36. The third kappa shape index (κ3) is 4.84. The van der Waals surface area contributed by atoms with Gasteiger partial charge in [0.15, 0.2) is 16.4 Å². The monoisotopic (exact) mass is 418 g/mol. The Labute approximate surface area is 170 Å². The molecule has 0 aliphatic carbocycles. The van der Waals surface area contributed by atoms with Gasteiger partial charge in [-0.05, 0) is 45.2 Å². The van der Waals surface area contributed by atoms with Gasteiger partial charge in [0.05, 0.1) is 29.5 Å². The largest absolute Gasteiger partial charge is 0.483 e. The van der Waals surface area contributed by atoms with Crippen LogP contribution in [0.25, 0.3) is 0 Å². The summed E-state index contributed by atoms with van der Waals surface area (Å²) in [6, 6.07) is 5.64. The van der Waals surface area contributed by atoms with E-state index in [4.69, 9.17) is 4.74 Å². The van der Waals surface area contributed by atoms with Gasteiger partial charge in [-0.3, -0.25) is 9.48 Å². The van der Waals surface area contributed by atoms with Crippen molar-refractivity contribution in [1.29, 1.82) is 0 Å². The van der Waals surface area contributed by atoms with Crippen molar-refractivity contribution >= 4 is 22.0 Å². The van der Waals surface area contributed by atoms with E-state index in [0.717, 1.165) is 28.1 Å². The average molecular weight is 419 g/mol. The number of ether oxygens (including phenoxy) is 1. The Morgan fingerprint density at radius 1 is 1.31 bits per heavy atom. The first-order valence-electron chi connectivity index (χ1n) is 9.45. The molecule has 0 unspecified atom stereocenters. The van der Waals surface area contributed by atoms with E-state index in [-0.39, 0.29) is 30.1 Å². The Kier molecular flexibility index (Phi) is 6.07. The molecule has 1 aromatic heterocycles. The van der Waals surface area contributed by atoms with Gasteiger partial charge in [-0.1, -0.05) is 18.2 Å². The first-order chi connectivity index (χ1) is 13.7. The molecule has 1 N–H and O–H groups in total. The molecule has 2 aromatic rings. The Morgan fingerprint density at radius 3 is 2.62 bits per heavy atom. The van der Waals surface area contributed by atoms with E-state index in [1.807, 2.05) is 45.9 Å². The fourth-order valence-electron chi connectivity index (χ4n) is 3.55. The molecule has 1 saturated heterocycles. The zero-order chi connectivity index (χ0) is 21.2. The summed E-state index contributed by atoms with van der Waals surface area (Å²) in [7, 11) is -2.99. The predicted octanol–water partition coefficient (Wildman–Crippen LogP) is 2.01. The van der Waals surface area contributed by atoms with Gasteiger partial charge >= 0.3 is 0 Å². The smallest absolute Gasteiger partial charge is 0.277 e. The number of amides is 1. The summed E-state index contributed by atoms with van der Waals surface area (Å²) >= 11 is 0. The number of carbonyl (C=O) groups excluding carboxylic acids is 1. The first-order valence-corrected chi connectivity index (χ1v) is 11.3. The van der Waals surface area contributed by atoms with Gasteiger partial charge in [-0.15, -0.1) is 0 Å². The molecule has 0 spiro atoms. The highest BCUT2D eigenvalue weighted by atomic mass is 32.2. The molecule has 1 fully saturated rings. The minimum atomic E-state index is -2.99. The highest BCUT2D eigenvalue weighted by Crippen LogP contribution is 2.26. The molecule has 156 valence electrons. The van der Waals surface area contributed by atoms with Crippen LogP contribution in [0, 0.1) is 27.7 Å². The minimum Gasteiger partial charge on any atom is -0.483 e. The van der Waals surface area contributed by atoms with Crippen LogP contribution in [0.2, 0.25) is 0 Å². The second-order valence-electron chi connectivity index (χ2n) is 7.39. The van der Waals surface area contributed by atoms with Crippen molar-refractivity contribution in [2.75, 3.05) is 18.1 Å². The lowest BCUT2D eigenvalue weighted by molar-refractivity contribution is -0.123. The number of carbonyl (C=O) groups is 1. The molecule has 1 atom stereocenters. The Hall–Kier alpha value is -2.68. The number of para-hydroxylation sites is 1. The fraction of sp³-hybridized carbons (Fsp3) is 0.450. The number of aromatic nitrogens is 2. The third-order valence-electron chi connectivity index (χ3n) is 5.07. The van der Waals surface area contributed by atoms with Crippen LogP contribution in [-0.4, -0.2) is 48.4 Å². The molecule has 2 heterocycles. The van der Waals surface area contributed by atoms with E-state index in [2.05, 4.69) is 15.6 Å². The summed E-state index contributed by atoms with van der Waals surface area (Å²) < 4.78 is 30.9. The number of nitrogens with zero attached hydrogens (tertiary/aromatic N) is 3. The number of rotatable bonds is 6. The zero-order valence-corrected chi connectivity index (χ0v) is 17.9. The van der Waals surface area contributed by atoms with Crippen LogP contribution in [0.3, 0.4) is 0 Å². The van der Waals surface area contributed by atoms with Crippen LogP contribution in [0.1, 0.15) is 40.5 Å². The van der Waals surface area contributed by atoms with E-state index >= 15 is 0 Å². The van der Waals surface area contributed by atoms with Crippen molar-refractivity contribution in [2.45, 2.75) is 40.2 Å². The maximum Gasteiger partial charge on any atom is 0.277 e. The summed E-state index contributed by atoms with van der Waals surface area (Å²) in [6.07, 6.45) is 2.10. The van der Waals surface area contributed by atoms with E-state index in [1.165, 1.54) is 6.21 Å². The SMILES string of the molecule is Cc1cccc(C)c1OCC(=O)N/N=C\c1c(C)nn([C@H]2CCS(=O)(=O)C2)c1C. The molecule has 8 nitrogen and oxygen atoms in total. The molecule has 1 aliphatic heterocycles. The van der Waals surface area contributed by atoms with Crippen molar-refractivity contribution in [3.8, 4) is 5.75 Å². The second-order valence-corrected chi connectivity index (χ2v) is 9.62. The normalized spacial score (nSPS) is 18.3. The van der Waals surface area contributed by atoms with Crippen LogP contribution in [0.4, 0.5) is 0 Å². The summed E-state index contributed by atoms with van der Waals surface area (Å²) in [5, 5.41) is 8.49. The van der Waals surface area contributed by atoms with Crippen LogP contribution >= 0.6 is 0 Å². The molecule has 1 aliphatic rings. The molecule has 0 saturated carbocycles. The average Bonchev–Trinajstić information content (AvgIpc) is 3.14. The topological polar surface area (TPSA) is 103 Å². The van der Waals surface area contributed by atoms with E-state index in [1.54, 1.807) is 4.68 Å². The lowest BCUT2D eigenvalue weighted by Gasteiger charge is -2.11. The summed E-state index contributed by atoms with van der Waals surface area (Å²) in [5.74, 6) is 0.632. The van der Waals surface area contributed by atoms with Gasteiger partial charge < -0.3 is 4.74 Å². The van der Waals surface area contributed by atoms with Crippen LogP contribution in [-0.2, 0) is 14.6 Å². The van der Waals surface area contributed by atoms with Gasteiger partial charge in [-0.2, -0.15) is 10.2 Å². The lowest BCUT2D eigenvalue weighted by Crippen LogP contribution is -2.25. The number of sulfone groups is 1. The Balaban J connectivity index is 1.61. The van der Waals surface area contributed by atoms with Crippen molar-refractivity contribution in [2.24, 2.45) is 5.10 Å². The Bertz CT molecular complexity index is 1040. The zero-order valence-electron chi connectivity index (χ0n) is 17.1. The molecule has 0 radical (unpaired) electrons. The van der Waals surface area contributed by atoms with Crippen molar-refractivity contribution in [3.05, 3.63) is 46.3 Å². The van der Waals surface area contributed by atoms with Gasteiger partial charge in [-0.25, -0.2) is 13.8 Å². The third-order valence-corrected chi connectivity index (χ3v) is 6.82. The highest BCUT2D eigenvalue weighted by molar-refractivity contribution is 7.91. The molecular weight excluding hydrogens is 392 g/mol. The van der Waals surface area contributed by atoms with E-state index in [0.29, 0.717) is 12.2 Å². The highest BCUT2D eigenvalue weighted by Gasteiger charge is 2.31. The van der Waals surface area contributed by atoms with Gasteiger partial charge in [0.2, 0.25) is 0 Å². The van der Waals surface area contributed by atoms with E-state index < -0.39 is 9.84 Å². The number of hydrazone groups is 1. The summed E-state index contributed by atoms with van der Waals surface area (Å²) in [6.45, 7) is 7.42. The quantitative estimate of drug-likeness (QED) is 0.571. The number of benzene rings is 1. The van der Waals surface area contributed by atoms with Crippen LogP contribution in [0.5, 0.6) is 5.75 Å². The van der Waals surface area contributed by atoms with Gasteiger partial charge in [0.1, 0.15) is 5.75 Å². The minimum absolute atomic E-state index is 0.109. The molecule has 29 heavy (non-hydrogen) atoms. The fourth-order valence-corrected chi connectivity index (χ4v) is 5.24. The number of nitrogens with one attached hydrogen (secondary N) is 1. The molecule has 3 rings (SSSR count). The molecular formula is C20H26N4O4S. The maximum absolute atomic E-state index is 12.0. The van der Waals surface area contributed by atoms with Gasteiger partial charge in [0, 0.05) is 11.3 Å². The molecule has 1 aromatic carbocycles.